The molecular formula is C14H19BrN2O. The van der Waals surface area contributed by atoms with Gasteiger partial charge in [0.15, 0.2) is 0 Å². The first-order chi connectivity index (χ1) is 8.68. The summed E-state index contributed by atoms with van der Waals surface area (Å²) < 4.78 is 1.12. The summed E-state index contributed by atoms with van der Waals surface area (Å²) in [6.07, 6.45) is 2.96. The molecule has 1 amide bonds. The predicted molar refractivity (Wildman–Crippen MR) is 76.5 cm³/mol. The lowest BCUT2D eigenvalue weighted by Crippen LogP contribution is -2.42. The van der Waals surface area contributed by atoms with E-state index in [1.807, 2.05) is 30.1 Å². The van der Waals surface area contributed by atoms with E-state index in [1.165, 1.54) is 5.56 Å². The Labute approximate surface area is 117 Å². The van der Waals surface area contributed by atoms with Crippen molar-refractivity contribution in [1.82, 2.24) is 10.2 Å². The fourth-order valence-electron chi connectivity index (χ4n) is 2.26. The van der Waals surface area contributed by atoms with E-state index < -0.39 is 0 Å². The molecule has 0 radical (unpaired) electrons. The number of hydrogen-bond acceptors (Lipinski definition) is 2. The highest BCUT2D eigenvalue weighted by molar-refractivity contribution is 9.10. The van der Waals surface area contributed by atoms with E-state index in [-0.39, 0.29) is 11.9 Å². The van der Waals surface area contributed by atoms with Crippen molar-refractivity contribution in [2.45, 2.75) is 25.3 Å². The molecule has 1 saturated heterocycles. The van der Waals surface area contributed by atoms with E-state index in [2.05, 4.69) is 27.3 Å². The number of carbonyl (C=O) groups is 1. The van der Waals surface area contributed by atoms with Gasteiger partial charge in [-0.1, -0.05) is 34.1 Å². The van der Waals surface area contributed by atoms with Crippen molar-refractivity contribution in [3.63, 3.8) is 0 Å². The summed E-state index contributed by atoms with van der Waals surface area (Å²) in [6.45, 7) is 1.73. The molecule has 0 aliphatic carbocycles. The van der Waals surface area contributed by atoms with Crippen LogP contribution in [0, 0.1) is 0 Å². The lowest BCUT2D eigenvalue weighted by Gasteiger charge is -2.21. The molecular weight excluding hydrogens is 292 g/mol. The average Bonchev–Trinajstić information content (AvgIpc) is 2.90. The molecule has 1 heterocycles. The van der Waals surface area contributed by atoms with Crippen molar-refractivity contribution in [2.24, 2.45) is 0 Å². The Morgan fingerprint density at radius 1 is 1.50 bits per heavy atom. The van der Waals surface area contributed by atoms with Gasteiger partial charge < -0.3 is 10.2 Å². The van der Waals surface area contributed by atoms with Crippen LogP contribution >= 0.6 is 15.9 Å². The molecule has 2 rings (SSSR count). The van der Waals surface area contributed by atoms with E-state index in [9.17, 15) is 4.79 Å². The standard InChI is InChI=1S/C14H19BrN2O/c1-17(14(18)13-7-4-9-16-13)10-8-11-5-2-3-6-12(11)15/h2-3,5-6,13,16H,4,7-10H2,1H3. The highest BCUT2D eigenvalue weighted by atomic mass is 79.9. The van der Waals surface area contributed by atoms with Gasteiger partial charge in [0, 0.05) is 18.1 Å². The van der Waals surface area contributed by atoms with Crippen LogP contribution in [0.4, 0.5) is 0 Å². The number of rotatable bonds is 4. The van der Waals surface area contributed by atoms with Crippen LogP contribution in [0.1, 0.15) is 18.4 Å². The molecule has 0 bridgehead atoms. The second-order valence-electron chi connectivity index (χ2n) is 4.75. The van der Waals surface area contributed by atoms with E-state index in [0.29, 0.717) is 0 Å². The van der Waals surface area contributed by atoms with Crippen molar-refractivity contribution in [3.8, 4) is 0 Å². The molecule has 18 heavy (non-hydrogen) atoms. The van der Waals surface area contributed by atoms with E-state index >= 15 is 0 Å². The third-order valence-corrected chi connectivity index (χ3v) is 4.18. The molecule has 3 nitrogen and oxygen atoms in total. The molecule has 1 aromatic rings. The summed E-state index contributed by atoms with van der Waals surface area (Å²) in [5, 5.41) is 3.25. The monoisotopic (exact) mass is 310 g/mol. The number of halogens is 1. The van der Waals surface area contributed by atoms with Crippen LogP contribution in [0.5, 0.6) is 0 Å². The number of hydrogen-bond donors (Lipinski definition) is 1. The third kappa shape index (κ3) is 3.33. The van der Waals surface area contributed by atoms with Gasteiger partial charge in [-0.15, -0.1) is 0 Å². The van der Waals surface area contributed by atoms with E-state index in [4.69, 9.17) is 0 Å². The predicted octanol–water partition coefficient (Wildman–Crippen LogP) is 2.20. The first kappa shape index (κ1) is 13.6. The van der Waals surface area contributed by atoms with E-state index in [0.717, 1.165) is 36.8 Å². The maximum Gasteiger partial charge on any atom is 0.239 e. The van der Waals surface area contributed by atoms with Gasteiger partial charge in [0.05, 0.1) is 6.04 Å². The second-order valence-corrected chi connectivity index (χ2v) is 5.60. The smallest absolute Gasteiger partial charge is 0.239 e. The van der Waals surface area contributed by atoms with Crippen LogP contribution in [0.25, 0.3) is 0 Å². The zero-order chi connectivity index (χ0) is 13.0. The van der Waals surface area contributed by atoms with Gasteiger partial charge in [0.2, 0.25) is 5.91 Å². The minimum atomic E-state index is 0.0363. The Balaban J connectivity index is 1.86. The van der Waals surface area contributed by atoms with Crippen LogP contribution in [-0.4, -0.2) is 37.0 Å². The fourth-order valence-corrected chi connectivity index (χ4v) is 2.74. The Hall–Kier alpha value is -0.870. The number of carbonyl (C=O) groups excluding carboxylic acids is 1. The largest absolute Gasteiger partial charge is 0.344 e. The topological polar surface area (TPSA) is 32.3 Å². The van der Waals surface area contributed by atoms with Crippen LogP contribution in [0.3, 0.4) is 0 Å². The Kier molecular flexibility index (Phi) is 4.78. The molecule has 1 fully saturated rings. The molecule has 1 aromatic carbocycles. The first-order valence-corrected chi connectivity index (χ1v) is 7.19. The maximum atomic E-state index is 12.1. The quantitative estimate of drug-likeness (QED) is 0.924. The van der Waals surface area contributed by atoms with Crippen LogP contribution in [-0.2, 0) is 11.2 Å². The van der Waals surface area contributed by atoms with Gasteiger partial charge in [-0.25, -0.2) is 0 Å². The van der Waals surface area contributed by atoms with Gasteiger partial charge in [-0.2, -0.15) is 0 Å². The molecule has 98 valence electrons. The Morgan fingerprint density at radius 3 is 2.94 bits per heavy atom. The Bertz CT molecular complexity index is 416. The summed E-state index contributed by atoms with van der Waals surface area (Å²) in [5.74, 6) is 0.222. The lowest BCUT2D eigenvalue weighted by molar-refractivity contribution is -0.131. The van der Waals surface area contributed by atoms with Crippen LogP contribution in [0.15, 0.2) is 28.7 Å². The zero-order valence-electron chi connectivity index (χ0n) is 10.7. The van der Waals surface area contributed by atoms with Crippen molar-refractivity contribution in [1.29, 1.82) is 0 Å². The number of likely N-dealkylation sites (N-methyl/N-ethyl adjacent to an activating group) is 1. The van der Waals surface area contributed by atoms with Gasteiger partial charge in [0.25, 0.3) is 0 Å². The molecule has 0 spiro atoms. The van der Waals surface area contributed by atoms with Crippen LogP contribution in [0.2, 0.25) is 0 Å². The van der Waals surface area contributed by atoms with Crippen molar-refractivity contribution < 1.29 is 4.79 Å². The molecule has 4 heteroatoms. The molecule has 1 N–H and O–H groups in total. The maximum absolute atomic E-state index is 12.1. The number of amides is 1. The summed E-state index contributed by atoms with van der Waals surface area (Å²) in [4.78, 5) is 13.9. The van der Waals surface area contributed by atoms with Gasteiger partial charge in [-0.3, -0.25) is 4.79 Å². The normalized spacial score (nSPS) is 18.9. The summed E-state index contributed by atoms with van der Waals surface area (Å²) in [5.41, 5.74) is 1.25. The summed E-state index contributed by atoms with van der Waals surface area (Å²) in [6, 6.07) is 8.20. The molecule has 1 aliphatic heterocycles. The van der Waals surface area contributed by atoms with Gasteiger partial charge >= 0.3 is 0 Å². The molecule has 1 unspecified atom stereocenters. The highest BCUT2D eigenvalue weighted by Crippen LogP contribution is 2.16. The van der Waals surface area contributed by atoms with E-state index in [1.54, 1.807) is 0 Å². The fraction of sp³-hybridized carbons (Fsp3) is 0.500. The highest BCUT2D eigenvalue weighted by Gasteiger charge is 2.24. The number of nitrogens with zero attached hydrogens (tertiary/aromatic N) is 1. The van der Waals surface area contributed by atoms with Gasteiger partial charge in [0.1, 0.15) is 0 Å². The lowest BCUT2D eigenvalue weighted by atomic mass is 10.1. The zero-order valence-corrected chi connectivity index (χ0v) is 12.2. The number of nitrogens with one attached hydrogen (secondary N) is 1. The first-order valence-electron chi connectivity index (χ1n) is 6.40. The average molecular weight is 311 g/mol. The minimum Gasteiger partial charge on any atom is -0.344 e. The van der Waals surface area contributed by atoms with Crippen molar-refractivity contribution in [3.05, 3.63) is 34.3 Å². The molecule has 0 aromatic heterocycles. The minimum absolute atomic E-state index is 0.0363. The van der Waals surface area contributed by atoms with Crippen molar-refractivity contribution >= 4 is 21.8 Å². The molecule has 1 aliphatic rings. The third-order valence-electron chi connectivity index (χ3n) is 3.41. The SMILES string of the molecule is CN(CCc1ccccc1Br)C(=O)C1CCCN1. The summed E-state index contributed by atoms with van der Waals surface area (Å²) >= 11 is 3.53. The number of benzene rings is 1. The Morgan fingerprint density at radius 2 is 2.28 bits per heavy atom. The molecule has 1 atom stereocenters. The second kappa shape index (κ2) is 6.34. The van der Waals surface area contributed by atoms with Gasteiger partial charge in [-0.05, 0) is 37.4 Å². The summed E-state index contributed by atoms with van der Waals surface area (Å²) in [7, 11) is 1.89. The van der Waals surface area contributed by atoms with Crippen LogP contribution < -0.4 is 5.32 Å². The van der Waals surface area contributed by atoms with Crippen molar-refractivity contribution in [2.75, 3.05) is 20.1 Å². The molecule has 0 saturated carbocycles.